The first-order valence-electron chi connectivity index (χ1n) is 12.0. The van der Waals surface area contributed by atoms with E-state index in [0.717, 1.165) is 0 Å². The molecule has 9 heteroatoms. The second-order valence-corrected chi connectivity index (χ2v) is 9.99. The van der Waals surface area contributed by atoms with Crippen molar-refractivity contribution in [2.45, 2.75) is 57.7 Å². The molecule has 0 amide bonds. The molecule has 0 fully saturated rings. The van der Waals surface area contributed by atoms with Crippen molar-refractivity contribution < 1.29 is 27.0 Å². The van der Waals surface area contributed by atoms with Crippen LogP contribution in [0.25, 0.3) is 17.5 Å². The van der Waals surface area contributed by atoms with Crippen LogP contribution < -0.4 is 15.0 Å². The lowest BCUT2D eigenvalue weighted by atomic mass is 9.84. The van der Waals surface area contributed by atoms with Crippen molar-refractivity contribution in [3.63, 3.8) is 0 Å². The second-order valence-electron chi connectivity index (χ2n) is 9.99. The van der Waals surface area contributed by atoms with Crippen LogP contribution in [0.4, 0.5) is 17.6 Å². The highest BCUT2D eigenvalue weighted by atomic mass is 19.4. The zero-order chi connectivity index (χ0) is 27.0. The topological polar surface area (TPSA) is 60.1 Å². The quantitative estimate of drug-likeness (QED) is 0.351. The van der Waals surface area contributed by atoms with Crippen molar-refractivity contribution in [3.8, 4) is 22.8 Å². The average Bonchev–Trinajstić information content (AvgIpc) is 3.12. The summed E-state index contributed by atoms with van der Waals surface area (Å²) in [5.74, 6) is -1.41. The number of alkyl halides is 3. The third-order valence-corrected chi connectivity index (χ3v) is 6.13. The Balaban J connectivity index is 1.73. The first-order valence-corrected chi connectivity index (χ1v) is 12.0. The highest BCUT2D eigenvalue weighted by molar-refractivity contribution is 5.70. The number of fused-ring (bicyclic) bond motifs is 1. The minimum Gasteiger partial charge on any atom is -0.490 e. The van der Waals surface area contributed by atoms with Gasteiger partial charge >= 0.3 is 6.18 Å². The Labute approximate surface area is 212 Å². The summed E-state index contributed by atoms with van der Waals surface area (Å²) in [6, 6.07) is 10.1. The van der Waals surface area contributed by atoms with E-state index in [9.17, 15) is 17.6 Å². The molecule has 0 saturated carbocycles. The van der Waals surface area contributed by atoms with Gasteiger partial charge in [0.05, 0.1) is 24.6 Å². The Hall–Kier alpha value is -3.62. The van der Waals surface area contributed by atoms with Crippen molar-refractivity contribution in [1.82, 2.24) is 9.55 Å². The molecule has 5 nitrogen and oxygen atoms in total. The first kappa shape index (κ1) is 26.4. The van der Waals surface area contributed by atoms with Crippen molar-refractivity contribution in [3.05, 3.63) is 77.3 Å². The zero-order valence-electron chi connectivity index (χ0n) is 21.1. The normalized spacial score (nSPS) is 15.6. The molecule has 0 aliphatic carbocycles. The van der Waals surface area contributed by atoms with Crippen LogP contribution >= 0.6 is 0 Å². The molecule has 4 rings (SSSR count). The van der Waals surface area contributed by atoms with E-state index < -0.39 is 23.3 Å². The molecule has 1 atom stereocenters. The number of aromatic nitrogens is 2. The summed E-state index contributed by atoms with van der Waals surface area (Å²) in [6.07, 6.45) is -0.688. The van der Waals surface area contributed by atoms with E-state index >= 15 is 0 Å². The molecular weight excluding hydrogens is 486 g/mol. The maximum absolute atomic E-state index is 14.3. The molecule has 0 saturated heterocycles. The van der Waals surface area contributed by atoms with E-state index in [1.807, 2.05) is 27.7 Å². The van der Waals surface area contributed by atoms with Gasteiger partial charge in [0, 0.05) is 22.7 Å². The van der Waals surface area contributed by atoms with Crippen LogP contribution in [0.2, 0.25) is 0 Å². The fraction of sp³-hybridized carbons (Fsp3) is 0.357. The zero-order valence-corrected chi connectivity index (χ0v) is 21.1. The summed E-state index contributed by atoms with van der Waals surface area (Å²) in [5.41, 5.74) is 0.825. The third-order valence-electron chi connectivity index (χ3n) is 6.13. The van der Waals surface area contributed by atoms with Gasteiger partial charge in [0.25, 0.3) is 0 Å². The molecule has 1 N–H and O–H groups in total. The number of pyridine rings is 2. The van der Waals surface area contributed by atoms with Crippen LogP contribution in [-0.2, 0) is 5.41 Å². The number of benzene rings is 1. The molecule has 2 aromatic heterocycles. The van der Waals surface area contributed by atoms with Gasteiger partial charge in [0.1, 0.15) is 34.4 Å². The minimum atomic E-state index is -4.58. The highest BCUT2D eigenvalue weighted by Crippen LogP contribution is 2.47. The van der Waals surface area contributed by atoms with E-state index in [0.29, 0.717) is 29.2 Å². The Bertz CT molecular complexity index is 1360. The van der Waals surface area contributed by atoms with Gasteiger partial charge < -0.3 is 14.0 Å². The lowest BCUT2D eigenvalue weighted by Gasteiger charge is -2.22. The number of halogens is 4. The van der Waals surface area contributed by atoms with E-state index in [-0.39, 0.29) is 29.4 Å². The number of ether oxygens (including phenoxy) is 2. The van der Waals surface area contributed by atoms with Crippen LogP contribution in [0.5, 0.6) is 11.5 Å². The van der Waals surface area contributed by atoms with Crippen molar-refractivity contribution in [1.29, 1.82) is 5.41 Å². The molecular formula is C28H29F4N3O2. The number of hydrogen-bond acceptors (Lipinski definition) is 4. The number of allylic oxidation sites excluding steroid dienone is 1. The van der Waals surface area contributed by atoms with Gasteiger partial charge in [-0.05, 0) is 62.7 Å². The molecule has 0 spiro atoms. The van der Waals surface area contributed by atoms with Gasteiger partial charge in [0.2, 0.25) is 0 Å². The molecule has 0 radical (unpaired) electrons. The number of rotatable bonds is 7. The second kappa shape index (κ2) is 10.0. The van der Waals surface area contributed by atoms with Crippen LogP contribution in [0, 0.1) is 11.2 Å². The molecule has 3 heterocycles. The van der Waals surface area contributed by atoms with Crippen molar-refractivity contribution in [2.24, 2.45) is 0 Å². The number of nitrogens with zero attached hydrogens (tertiary/aromatic N) is 2. The molecule has 1 aliphatic heterocycles. The monoisotopic (exact) mass is 515 g/mol. The molecule has 1 aliphatic rings. The summed E-state index contributed by atoms with van der Waals surface area (Å²) >= 11 is 0. The van der Waals surface area contributed by atoms with Gasteiger partial charge in [-0.15, -0.1) is 0 Å². The minimum absolute atomic E-state index is 0.0851. The maximum atomic E-state index is 14.3. The molecule has 37 heavy (non-hydrogen) atoms. The average molecular weight is 516 g/mol. The SMILES string of the molecule is CC(C)Oc1ccc(=N)n(/C=C/CC(c2cc3c(c(-c4ccc(F)cc4)n2)OCC3(C)C)C(F)(F)F)c1. The predicted octanol–water partition coefficient (Wildman–Crippen LogP) is 6.83. The number of hydrogen-bond donors (Lipinski definition) is 1. The Morgan fingerprint density at radius 3 is 2.51 bits per heavy atom. The van der Waals surface area contributed by atoms with E-state index in [2.05, 4.69) is 4.98 Å². The molecule has 196 valence electrons. The lowest BCUT2D eigenvalue weighted by molar-refractivity contribution is -0.150. The summed E-state index contributed by atoms with van der Waals surface area (Å²) in [4.78, 5) is 4.40. The van der Waals surface area contributed by atoms with Crippen LogP contribution in [0.1, 0.15) is 51.3 Å². The standard InChI is InChI=1S/C28H29F4N3O2/c1-17(2)37-20-11-12-24(33)35(15-20)13-5-6-21(28(30,31)32)23-14-22-26(36-16-27(22,3)4)25(34-23)18-7-9-19(29)10-8-18/h5,7-15,17,21,33H,6,16H2,1-4H3/b13-5+,33-24?. The van der Waals surface area contributed by atoms with Crippen molar-refractivity contribution in [2.75, 3.05) is 6.61 Å². The van der Waals surface area contributed by atoms with Crippen molar-refractivity contribution >= 4 is 6.20 Å². The van der Waals surface area contributed by atoms with Crippen LogP contribution in [0.3, 0.4) is 0 Å². The summed E-state index contributed by atoms with van der Waals surface area (Å²) < 4.78 is 69.4. The molecule has 1 unspecified atom stereocenters. The van der Waals surface area contributed by atoms with Gasteiger partial charge in [-0.1, -0.05) is 19.9 Å². The number of nitrogens with one attached hydrogen (secondary N) is 1. The fourth-order valence-corrected chi connectivity index (χ4v) is 4.21. The van der Waals surface area contributed by atoms with E-state index in [4.69, 9.17) is 14.9 Å². The van der Waals surface area contributed by atoms with Crippen LogP contribution in [-0.4, -0.2) is 28.4 Å². The Morgan fingerprint density at radius 2 is 1.86 bits per heavy atom. The van der Waals surface area contributed by atoms with Gasteiger partial charge in [-0.3, -0.25) is 5.41 Å². The Kier molecular flexibility index (Phi) is 7.17. The maximum Gasteiger partial charge on any atom is 0.397 e. The van der Waals surface area contributed by atoms with E-state index in [1.54, 1.807) is 12.3 Å². The summed E-state index contributed by atoms with van der Waals surface area (Å²) in [5, 5.41) is 8.07. The largest absolute Gasteiger partial charge is 0.490 e. The van der Waals surface area contributed by atoms with Gasteiger partial charge in [-0.25, -0.2) is 9.37 Å². The molecule has 0 bridgehead atoms. The first-order chi connectivity index (χ1) is 17.3. The molecule has 1 aromatic carbocycles. The lowest BCUT2D eigenvalue weighted by Crippen LogP contribution is -2.23. The van der Waals surface area contributed by atoms with E-state index in [1.165, 1.54) is 53.2 Å². The Morgan fingerprint density at radius 1 is 1.16 bits per heavy atom. The third kappa shape index (κ3) is 5.87. The smallest absolute Gasteiger partial charge is 0.397 e. The van der Waals surface area contributed by atoms with Gasteiger partial charge in [0.15, 0.2) is 0 Å². The summed E-state index contributed by atoms with van der Waals surface area (Å²) in [6.45, 7) is 7.82. The van der Waals surface area contributed by atoms with Gasteiger partial charge in [-0.2, -0.15) is 13.2 Å². The van der Waals surface area contributed by atoms with Crippen LogP contribution in [0.15, 0.2) is 54.7 Å². The molecule has 3 aromatic rings. The predicted molar refractivity (Wildman–Crippen MR) is 133 cm³/mol. The fourth-order valence-electron chi connectivity index (χ4n) is 4.21. The summed E-state index contributed by atoms with van der Waals surface area (Å²) in [7, 11) is 0. The highest BCUT2D eigenvalue weighted by Gasteiger charge is 2.43.